The molecule has 1 atom stereocenters. The van der Waals surface area contributed by atoms with Crippen LogP contribution in [0.25, 0.3) is 5.65 Å². The molecule has 0 amide bonds. The lowest BCUT2D eigenvalue weighted by atomic mass is 10.3. The molecule has 2 rings (SSSR count). The van der Waals surface area contributed by atoms with E-state index in [2.05, 4.69) is 4.98 Å². The average molecular weight is 211 g/mol. The number of aliphatic hydroxyl groups excluding tert-OH is 1. The number of imidazole rings is 1. The van der Waals surface area contributed by atoms with Crippen molar-refractivity contribution in [3.63, 3.8) is 0 Å². The number of halogens is 1. The molecular formula is C10H11ClN2O. The van der Waals surface area contributed by atoms with E-state index >= 15 is 0 Å². The molecule has 2 aromatic heterocycles. The van der Waals surface area contributed by atoms with Crippen LogP contribution < -0.4 is 0 Å². The van der Waals surface area contributed by atoms with Gasteiger partial charge in [-0.3, -0.25) is 4.40 Å². The number of fused-ring (bicyclic) bond motifs is 1. The lowest BCUT2D eigenvalue weighted by Gasteiger charge is -2.06. The number of pyridine rings is 1. The minimum absolute atomic E-state index is 0.565. The SMILES string of the molecule is Cc1ccc(Cl)n2c(C(C)O)cnc12. The summed E-state index contributed by atoms with van der Waals surface area (Å²) in [6.07, 6.45) is 1.09. The summed E-state index contributed by atoms with van der Waals surface area (Å²) in [5, 5.41) is 10.1. The monoisotopic (exact) mass is 210 g/mol. The summed E-state index contributed by atoms with van der Waals surface area (Å²) in [6, 6.07) is 3.72. The van der Waals surface area contributed by atoms with E-state index in [4.69, 9.17) is 11.6 Å². The minimum Gasteiger partial charge on any atom is -0.387 e. The molecule has 0 saturated heterocycles. The highest BCUT2D eigenvalue weighted by Crippen LogP contribution is 2.22. The average Bonchev–Trinajstić information content (AvgIpc) is 2.56. The standard InChI is InChI=1S/C10H11ClN2O/c1-6-3-4-9(11)13-8(7(2)14)5-12-10(6)13/h3-5,7,14H,1-2H3. The molecule has 0 fully saturated rings. The molecule has 0 bridgehead atoms. The molecule has 4 heteroatoms. The van der Waals surface area contributed by atoms with E-state index in [1.165, 1.54) is 0 Å². The molecule has 0 radical (unpaired) electrons. The summed E-state index contributed by atoms with van der Waals surface area (Å²) in [7, 11) is 0. The molecule has 2 aromatic rings. The first-order valence-electron chi connectivity index (χ1n) is 4.42. The van der Waals surface area contributed by atoms with Gasteiger partial charge in [-0.25, -0.2) is 4.98 Å². The van der Waals surface area contributed by atoms with E-state index in [-0.39, 0.29) is 0 Å². The first-order chi connectivity index (χ1) is 6.61. The van der Waals surface area contributed by atoms with E-state index in [1.807, 2.05) is 13.0 Å². The van der Waals surface area contributed by atoms with Gasteiger partial charge >= 0.3 is 0 Å². The maximum Gasteiger partial charge on any atom is 0.141 e. The fraction of sp³-hybridized carbons (Fsp3) is 0.300. The minimum atomic E-state index is -0.565. The van der Waals surface area contributed by atoms with Crippen LogP contribution in [0.15, 0.2) is 18.3 Å². The molecule has 74 valence electrons. The highest BCUT2D eigenvalue weighted by Gasteiger charge is 2.11. The van der Waals surface area contributed by atoms with Crippen molar-refractivity contribution in [1.82, 2.24) is 9.38 Å². The van der Waals surface area contributed by atoms with Crippen LogP contribution in [0.4, 0.5) is 0 Å². The Labute approximate surface area is 87.0 Å². The van der Waals surface area contributed by atoms with Gasteiger partial charge in [0.05, 0.1) is 18.0 Å². The second-order valence-electron chi connectivity index (χ2n) is 3.36. The number of hydrogen-bond donors (Lipinski definition) is 1. The maximum absolute atomic E-state index is 9.51. The largest absolute Gasteiger partial charge is 0.387 e. The first-order valence-corrected chi connectivity index (χ1v) is 4.79. The zero-order valence-corrected chi connectivity index (χ0v) is 8.78. The van der Waals surface area contributed by atoms with Crippen molar-refractivity contribution in [2.75, 3.05) is 0 Å². The molecule has 0 aliphatic carbocycles. The smallest absolute Gasteiger partial charge is 0.141 e. The molecule has 0 saturated carbocycles. The number of rotatable bonds is 1. The predicted octanol–water partition coefficient (Wildman–Crippen LogP) is 2.35. The van der Waals surface area contributed by atoms with E-state index < -0.39 is 6.10 Å². The molecule has 0 aliphatic rings. The van der Waals surface area contributed by atoms with Gasteiger partial charge in [-0.1, -0.05) is 17.7 Å². The Morgan fingerprint density at radius 3 is 2.86 bits per heavy atom. The van der Waals surface area contributed by atoms with Gasteiger partial charge in [-0.05, 0) is 25.5 Å². The van der Waals surface area contributed by atoms with E-state index in [1.54, 1.807) is 23.6 Å². The van der Waals surface area contributed by atoms with Crippen molar-refractivity contribution in [3.05, 3.63) is 34.7 Å². The van der Waals surface area contributed by atoms with Crippen molar-refractivity contribution in [3.8, 4) is 0 Å². The van der Waals surface area contributed by atoms with Crippen molar-refractivity contribution in [1.29, 1.82) is 0 Å². The number of aromatic nitrogens is 2. The molecular weight excluding hydrogens is 200 g/mol. The van der Waals surface area contributed by atoms with Gasteiger partial charge in [-0.15, -0.1) is 0 Å². The Bertz CT molecular complexity index is 476. The van der Waals surface area contributed by atoms with Gasteiger partial charge in [0.2, 0.25) is 0 Å². The number of hydrogen-bond acceptors (Lipinski definition) is 2. The van der Waals surface area contributed by atoms with E-state index in [9.17, 15) is 5.11 Å². The summed E-state index contributed by atoms with van der Waals surface area (Å²) < 4.78 is 1.77. The Morgan fingerprint density at radius 1 is 1.50 bits per heavy atom. The lowest BCUT2D eigenvalue weighted by Crippen LogP contribution is -1.99. The lowest BCUT2D eigenvalue weighted by molar-refractivity contribution is 0.193. The quantitative estimate of drug-likeness (QED) is 0.734. The third-order valence-electron chi connectivity index (χ3n) is 2.25. The van der Waals surface area contributed by atoms with Crippen LogP contribution in [0.3, 0.4) is 0 Å². The number of nitrogens with zero attached hydrogens (tertiary/aromatic N) is 2. The second-order valence-corrected chi connectivity index (χ2v) is 3.74. The molecule has 0 spiro atoms. The Hall–Kier alpha value is -1.06. The molecule has 0 aromatic carbocycles. The van der Waals surface area contributed by atoms with Gasteiger partial charge < -0.3 is 5.11 Å². The van der Waals surface area contributed by atoms with E-state index in [0.717, 1.165) is 11.2 Å². The Balaban J connectivity index is 2.84. The third kappa shape index (κ3) is 1.29. The van der Waals surface area contributed by atoms with E-state index in [0.29, 0.717) is 10.8 Å². The third-order valence-corrected chi connectivity index (χ3v) is 2.55. The zero-order valence-electron chi connectivity index (χ0n) is 8.03. The molecule has 3 nitrogen and oxygen atoms in total. The van der Waals surface area contributed by atoms with Gasteiger partial charge in [0.25, 0.3) is 0 Å². The van der Waals surface area contributed by atoms with Gasteiger partial charge in [0.1, 0.15) is 10.8 Å². The van der Waals surface area contributed by atoms with Gasteiger partial charge in [0, 0.05) is 0 Å². The summed E-state index contributed by atoms with van der Waals surface area (Å²) in [4.78, 5) is 4.22. The molecule has 0 aliphatic heterocycles. The van der Waals surface area contributed by atoms with Crippen LogP contribution in [0, 0.1) is 6.92 Å². The fourth-order valence-electron chi connectivity index (χ4n) is 1.51. The normalized spacial score (nSPS) is 13.4. The summed E-state index contributed by atoms with van der Waals surface area (Å²) in [5.41, 5.74) is 2.56. The maximum atomic E-state index is 9.51. The van der Waals surface area contributed by atoms with Gasteiger partial charge in [0.15, 0.2) is 0 Å². The molecule has 1 unspecified atom stereocenters. The summed E-state index contributed by atoms with van der Waals surface area (Å²) in [6.45, 7) is 3.66. The van der Waals surface area contributed by atoms with Crippen molar-refractivity contribution in [2.24, 2.45) is 0 Å². The Kier molecular flexibility index (Phi) is 2.21. The Morgan fingerprint density at radius 2 is 2.21 bits per heavy atom. The predicted molar refractivity (Wildman–Crippen MR) is 55.6 cm³/mol. The first kappa shape index (κ1) is 9.49. The van der Waals surface area contributed by atoms with Crippen LogP contribution >= 0.6 is 11.6 Å². The number of aryl methyl sites for hydroxylation is 1. The molecule has 2 heterocycles. The topological polar surface area (TPSA) is 37.5 Å². The van der Waals surface area contributed by atoms with Crippen LogP contribution in [0.1, 0.15) is 24.3 Å². The van der Waals surface area contributed by atoms with Crippen LogP contribution in [-0.2, 0) is 0 Å². The van der Waals surface area contributed by atoms with Crippen molar-refractivity contribution < 1.29 is 5.11 Å². The van der Waals surface area contributed by atoms with Crippen LogP contribution in [0.2, 0.25) is 5.15 Å². The van der Waals surface area contributed by atoms with Crippen molar-refractivity contribution >= 4 is 17.2 Å². The number of aliphatic hydroxyl groups is 1. The zero-order chi connectivity index (χ0) is 10.3. The highest BCUT2D eigenvalue weighted by molar-refractivity contribution is 6.29. The molecule has 1 N–H and O–H groups in total. The summed E-state index contributed by atoms with van der Waals surface area (Å²) >= 11 is 6.03. The van der Waals surface area contributed by atoms with Crippen LogP contribution in [-0.4, -0.2) is 14.5 Å². The summed E-state index contributed by atoms with van der Waals surface area (Å²) in [5.74, 6) is 0. The van der Waals surface area contributed by atoms with Crippen LogP contribution in [0.5, 0.6) is 0 Å². The van der Waals surface area contributed by atoms with Crippen molar-refractivity contribution in [2.45, 2.75) is 20.0 Å². The highest BCUT2D eigenvalue weighted by atomic mass is 35.5. The second kappa shape index (κ2) is 3.26. The van der Waals surface area contributed by atoms with Gasteiger partial charge in [-0.2, -0.15) is 0 Å². The fourth-order valence-corrected chi connectivity index (χ4v) is 1.75. The molecule has 14 heavy (non-hydrogen) atoms.